The van der Waals surface area contributed by atoms with Crippen LogP contribution in [0, 0.1) is 11.3 Å². The zero-order valence-corrected chi connectivity index (χ0v) is 6.77. The third kappa shape index (κ3) is 1.42. The summed E-state index contributed by atoms with van der Waals surface area (Å²) < 4.78 is 4.96. The molecule has 0 aliphatic carbocycles. The molecule has 2 rings (SSSR count). The Morgan fingerprint density at radius 3 is 2.92 bits per heavy atom. The molecule has 0 aliphatic rings. The molecule has 3 heteroatoms. The summed E-state index contributed by atoms with van der Waals surface area (Å²) in [5.41, 5.74) is 1.49. The van der Waals surface area contributed by atoms with E-state index in [4.69, 9.17) is 9.78 Å². The summed E-state index contributed by atoms with van der Waals surface area (Å²) in [7, 11) is 0. The number of nitrogens with zero attached hydrogens (tertiary/aromatic N) is 2. The first-order chi connectivity index (χ1) is 6.40. The summed E-state index contributed by atoms with van der Waals surface area (Å²) in [6.07, 6.45) is 1.58. The van der Waals surface area contributed by atoms with Crippen molar-refractivity contribution in [2.75, 3.05) is 0 Å². The molecule has 0 bridgehead atoms. The third-order valence-electron chi connectivity index (χ3n) is 1.71. The van der Waals surface area contributed by atoms with E-state index in [1.54, 1.807) is 24.4 Å². The highest BCUT2D eigenvalue weighted by Gasteiger charge is 2.01. The highest BCUT2D eigenvalue weighted by Crippen LogP contribution is 2.18. The largest absolute Gasteiger partial charge is 0.356 e. The molecule has 0 spiro atoms. The lowest BCUT2D eigenvalue weighted by molar-refractivity contribution is 0.432. The number of hydrogen-bond acceptors (Lipinski definition) is 3. The number of hydrogen-bond donors (Lipinski definition) is 0. The van der Waals surface area contributed by atoms with Crippen molar-refractivity contribution >= 4 is 0 Å². The highest BCUT2D eigenvalue weighted by atomic mass is 16.5. The van der Waals surface area contributed by atoms with E-state index in [0.29, 0.717) is 11.3 Å². The van der Waals surface area contributed by atoms with Crippen LogP contribution in [0.2, 0.25) is 0 Å². The highest BCUT2D eigenvalue weighted by molar-refractivity contribution is 5.58. The smallest absolute Gasteiger partial charge is 0.166 e. The topological polar surface area (TPSA) is 49.8 Å². The standard InChI is InChI=1S/C10H6N2O/c11-7-8-2-1-3-9(6-8)10-4-5-12-13-10/h1-6H. The molecule has 0 aliphatic heterocycles. The second-order valence-electron chi connectivity index (χ2n) is 2.57. The van der Waals surface area contributed by atoms with Crippen LogP contribution in [-0.4, -0.2) is 5.16 Å². The molecule has 0 atom stereocenters. The summed E-state index contributed by atoms with van der Waals surface area (Å²) in [6, 6.07) is 11.0. The Hall–Kier alpha value is -2.08. The quantitative estimate of drug-likeness (QED) is 0.659. The molecule has 3 nitrogen and oxygen atoms in total. The number of aromatic nitrogens is 1. The van der Waals surface area contributed by atoms with Gasteiger partial charge in [0.2, 0.25) is 0 Å². The molecule has 0 saturated heterocycles. The lowest BCUT2D eigenvalue weighted by Gasteiger charge is -1.94. The maximum atomic E-state index is 8.66. The van der Waals surface area contributed by atoms with Gasteiger partial charge in [-0.2, -0.15) is 5.26 Å². The lowest BCUT2D eigenvalue weighted by atomic mass is 10.1. The van der Waals surface area contributed by atoms with Gasteiger partial charge in [-0.05, 0) is 12.1 Å². The Balaban J connectivity index is 2.49. The van der Waals surface area contributed by atoms with Crippen LogP contribution in [0.15, 0.2) is 41.1 Å². The van der Waals surface area contributed by atoms with Gasteiger partial charge in [0.15, 0.2) is 5.76 Å². The molecule has 0 N–H and O–H groups in total. The van der Waals surface area contributed by atoms with Gasteiger partial charge in [0, 0.05) is 11.6 Å². The fourth-order valence-electron chi connectivity index (χ4n) is 1.11. The van der Waals surface area contributed by atoms with Crippen molar-refractivity contribution in [3.8, 4) is 17.4 Å². The summed E-state index contributed by atoms with van der Waals surface area (Å²) in [6.45, 7) is 0. The molecule has 2 aromatic rings. The van der Waals surface area contributed by atoms with Crippen LogP contribution in [0.25, 0.3) is 11.3 Å². The summed E-state index contributed by atoms with van der Waals surface area (Å²) in [5, 5.41) is 12.3. The summed E-state index contributed by atoms with van der Waals surface area (Å²) in [4.78, 5) is 0. The van der Waals surface area contributed by atoms with Crippen molar-refractivity contribution in [1.29, 1.82) is 5.26 Å². The fourth-order valence-corrected chi connectivity index (χ4v) is 1.11. The molecule has 0 fully saturated rings. The minimum Gasteiger partial charge on any atom is -0.356 e. The van der Waals surface area contributed by atoms with E-state index < -0.39 is 0 Å². The Kier molecular flexibility index (Phi) is 1.81. The Morgan fingerprint density at radius 1 is 1.31 bits per heavy atom. The minimum absolute atomic E-state index is 0.619. The maximum absolute atomic E-state index is 8.66. The average Bonchev–Trinajstić information content (AvgIpc) is 2.71. The predicted octanol–water partition coefficient (Wildman–Crippen LogP) is 2.21. The van der Waals surface area contributed by atoms with Crippen LogP contribution in [0.3, 0.4) is 0 Å². The zero-order chi connectivity index (χ0) is 9.10. The van der Waals surface area contributed by atoms with Gasteiger partial charge in [0.25, 0.3) is 0 Å². The first kappa shape index (κ1) is 7.56. The third-order valence-corrected chi connectivity index (χ3v) is 1.71. The van der Waals surface area contributed by atoms with Gasteiger partial charge in [-0.15, -0.1) is 0 Å². The van der Waals surface area contributed by atoms with Crippen LogP contribution in [-0.2, 0) is 0 Å². The van der Waals surface area contributed by atoms with Gasteiger partial charge in [-0.3, -0.25) is 0 Å². The fraction of sp³-hybridized carbons (Fsp3) is 0. The van der Waals surface area contributed by atoms with E-state index in [9.17, 15) is 0 Å². The van der Waals surface area contributed by atoms with Crippen molar-refractivity contribution in [2.24, 2.45) is 0 Å². The van der Waals surface area contributed by atoms with Crippen LogP contribution >= 0.6 is 0 Å². The van der Waals surface area contributed by atoms with Gasteiger partial charge < -0.3 is 4.52 Å². The first-order valence-corrected chi connectivity index (χ1v) is 3.81. The SMILES string of the molecule is N#Cc1cccc(-c2ccno2)c1. The first-order valence-electron chi connectivity index (χ1n) is 3.81. The van der Waals surface area contributed by atoms with Crippen LogP contribution < -0.4 is 0 Å². The van der Waals surface area contributed by atoms with E-state index in [1.807, 2.05) is 12.1 Å². The zero-order valence-electron chi connectivity index (χ0n) is 6.77. The molecular formula is C10H6N2O. The second-order valence-corrected chi connectivity index (χ2v) is 2.57. The molecule has 13 heavy (non-hydrogen) atoms. The molecular weight excluding hydrogens is 164 g/mol. The monoisotopic (exact) mass is 170 g/mol. The van der Waals surface area contributed by atoms with Gasteiger partial charge >= 0.3 is 0 Å². The Bertz CT molecular complexity index is 440. The maximum Gasteiger partial charge on any atom is 0.166 e. The second kappa shape index (κ2) is 3.11. The molecule has 1 aromatic carbocycles. The van der Waals surface area contributed by atoms with E-state index in [-0.39, 0.29) is 0 Å². The summed E-state index contributed by atoms with van der Waals surface area (Å²) >= 11 is 0. The van der Waals surface area contributed by atoms with Crippen molar-refractivity contribution in [2.45, 2.75) is 0 Å². The predicted molar refractivity (Wildman–Crippen MR) is 46.7 cm³/mol. The van der Waals surface area contributed by atoms with E-state index >= 15 is 0 Å². The van der Waals surface area contributed by atoms with Gasteiger partial charge in [0.1, 0.15) is 0 Å². The van der Waals surface area contributed by atoms with Crippen molar-refractivity contribution in [1.82, 2.24) is 5.16 Å². The average molecular weight is 170 g/mol. The van der Waals surface area contributed by atoms with E-state index in [0.717, 1.165) is 5.56 Å². The molecule has 1 aromatic heterocycles. The van der Waals surface area contributed by atoms with Crippen molar-refractivity contribution in [3.63, 3.8) is 0 Å². The van der Waals surface area contributed by atoms with Gasteiger partial charge in [-0.25, -0.2) is 0 Å². The number of benzene rings is 1. The molecule has 0 unspecified atom stereocenters. The molecule has 62 valence electrons. The van der Waals surface area contributed by atoms with Crippen LogP contribution in [0.4, 0.5) is 0 Å². The van der Waals surface area contributed by atoms with E-state index in [2.05, 4.69) is 11.2 Å². The Labute approximate surface area is 75.2 Å². The van der Waals surface area contributed by atoms with Gasteiger partial charge in [-0.1, -0.05) is 17.3 Å². The lowest BCUT2D eigenvalue weighted by Crippen LogP contribution is -1.76. The molecule has 0 radical (unpaired) electrons. The molecule has 0 saturated carbocycles. The number of rotatable bonds is 1. The summed E-state index contributed by atoms with van der Waals surface area (Å²) in [5.74, 6) is 0.678. The van der Waals surface area contributed by atoms with Crippen LogP contribution in [0.5, 0.6) is 0 Å². The minimum atomic E-state index is 0.619. The Morgan fingerprint density at radius 2 is 2.23 bits per heavy atom. The van der Waals surface area contributed by atoms with Crippen molar-refractivity contribution < 1.29 is 4.52 Å². The van der Waals surface area contributed by atoms with Crippen molar-refractivity contribution in [3.05, 3.63) is 42.1 Å². The molecule has 1 heterocycles. The normalized spacial score (nSPS) is 9.46. The molecule has 0 amide bonds. The van der Waals surface area contributed by atoms with E-state index in [1.165, 1.54) is 0 Å². The number of nitriles is 1. The van der Waals surface area contributed by atoms with Crippen LogP contribution in [0.1, 0.15) is 5.56 Å². The van der Waals surface area contributed by atoms with Gasteiger partial charge in [0.05, 0.1) is 17.8 Å².